The van der Waals surface area contributed by atoms with E-state index in [0.717, 1.165) is 0 Å². The van der Waals surface area contributed by atoms with Crippen LogP contribution in [0.15, 0.2) is 42.5 Å². The first kappa shape index (κ1) is 20.9. The van der Waals surface area contributed by atoms with E-state index in [0.29, 0.717) is 23.4 Å². The molecule has 0 aliphatic rings. The van der Waals surface area contributed by atoms with Crippen molar-refractivity contribution in [2.24, 2.45) is 0 Å². The summed E-state index contributed by atoms with van der Waals surface area (Å²) in [6.07, 6.45) is 0. The third kappa shape index (κ3) is 5.06. The van der Waals surface area contributed by atoms with Gasteiger partial charge >= 0.3 is 0 Å². The van der Waals surface area contributed by atoms with Crippen LogP contribution >= 0.6 is 0 Å². The summed E-state index contributed by atoms with van der Waals surface area (Å²) in [6.45, 7) is 5.49. The smallest absolute Gasteiger partial charge is 0.293 e. The summed E-state index contributed by atoms with van der Waals surface area (Å²) < 4.78 is 5.05. The van der Waals surface area contributed by atoms with Gasteiger partial charge in [0, 0.05) is 30.5 Å². The Morgan fingerprint density at radius 3 is 2.32 bits per heavy atom. The fourth-order valence-corrected chi connectivity index (χ4v) is 2.59. The molecule has 2 amide bonds. The molecular weight excluding hydrogens is 362 g/mol. The lowest BCUT2D eigenvalue weighted by Gasteiger charge is -2.25. The number of nitrogens with zero attached hydrogens (tertiary/aromatic N) is 1. The average Bonchev–Trinajstić information content (AvgIpc) is 2.66. The number of methoxy groups -OCH3 is 1. The van der Waals surface area contributed by atoms with Gasteiger partial charge in [-0.25, -0.2) is 0 Å². The number of benzene rings is 2. The molecule has 0 aromatic heterocycles. The molecule has 0 heterocycles. The molecule has 0 radical (unpaired) electrons. The average molecular weight is 385 g/mol. The quantitative estimate of drug-likeness (QED) is 0.561. The minimum atomic E-state index is -0.540. The largest absolute Gasteiger partial charge is 0.497 e. The van der Waals surface area contributed by atoms with Gasteiger partial charge in [0.2, 0.25) is 5.91 Å². The van der Waals surface area contributed by atoms with Gasteiger partial charge in [-0.05, 0) is 35.9 Å². The Morgan fingerprint density at radius 1 is 1.14 bits per heavy atom. The lowest BCUT2D eigenvalue weighted by molar-refractivity contribution is -0.384. The van der Waals surface area contributed by atoms with Gasteiger partial charge in [0.1, 0.15) is 11.4 Å². The molecule has 0 fully saturated rings. The number of anilines is 1. The highest BCUT2D eigenvalue weighted by Gasteiger charge is 2.25. The highest BCUT2D eigenvalue weighted by Crippen LogP contribution is 2.32. The number of nitro groups is 1. The van der Waals surface area contributed by atoms with E-state index in [4.69, 9.17) is 4.74 Å². The van der Waals surface area contributed by atoms with E-state index < -0.39 is 16.2 Å². The van der Waals surface area contributed by atoms with Crippen LogP contribution in [0.1, 0.15) is 36.7 Å². The Hall–Kier alpha value is -3.42. The molecule has 0 unspecified atom stereocenters. The molecule has 0 bridgehead atoms. The Bertz CT molecular complexity index is 891. The first-order valence-corrected chi connectivity index (χ1v) is 8.63. The summed E-state index contributed by atoms with van der Waals surface area (Å²) in [5.74, 6) is -0.0322. The van der Waals surface area contributed by atoms with E-state index in [-0.39, 0.29) is 17.3 Å². The van der Waals surface area contributed by atoms with E-state index in [1.807, 2.05) is 13.8 Å². The van der Waals surface area contributed by atoms with E-state index in [9.17, 15) is 19.7 Å². The fraction of sp³-hybridized carbons (Fsp3) is 0.300. The summed E-state index contributed by atoms with van der Waals surface area (Å²) in [7, 11) is 1.52. The van der Waals surface area contributed by atoms with Crippen LogP contribution in [-0.2, 0) is 10.2 Å². The molecule has 8 nitrogen and oxygen atoms in total. The number of carbonyl (C=O) groups is 2. The minimum Gasteiger partial charge on any atom is -0.497 e. The first-order chi connectivity index (χ1) is 13.1. The molecule has 0 atom stereocenters. The summed E-state index contributed by atoms with van der Waals surface area (Å²) in [6, 6.07) is 11.1. The first-order valence-electron chi connectivity index (χ1n) is 8.63. The molecule has 2 aromatic carbocycles. The van der Waals surface area contributed by atoms with Gasteiger partial charge in [-0.15, -0.1) is 0 Å². The minimum absolute atomic E-state index is 0.102. The lowest BCUT2D eigenvalue weighted by Crippen LogP contribution is -2.35. The van der Waals surface area contributed by atoms with Gasteiger partial charge in [-0.3, -0.25) is 19.7 Å². The molecule has 0 aliphatic heterocycles. The molecule has 0 saturated heterocycles. The molecule has 2 aromatic rings. The van der Waals surface area contributed by atoms with Crippen molar-refractivity contribution in [2.45, 2.75) is 26.2 Å². The van der Waals surface area contributed by atoms with Crippen LogP contribution in [-0.4, -0.2) is 30.4 Å². The molecule has 0 aliphatic carbocycles. The summed E-state index contributed by atoms with van der Waals surface area (Å²) in [4.78, 5) is 34.6. The van der Waals surface area contributed by atoms with Crippen molar-refractivity contribution in [3.63, 3.8) is 0 Å². The predicted octanol–water partition coefficient (Wildman–Crippen LogP) is 3.27. The number of hydrogen-bond acceptors (Lipinski definition) is 5. The summed E-state index contributed by atoms with van der Waals surface area (Å²) in [5, 5.41) is 16.8. The number of rotatable bonds is 7. The van der Waals surface area contributed by atoms with Crippen LogP contribution in [0.5, 0.6) is 5.75 Å². The Kier molecular flexibility index (Phi) is 6.35. The van der Waals surface area contributed by atoms with Crippen molar-refractivity contribution in [1.82, 2.24) is 5.32 Å². The molecule has 2 N–H and O–H groups in total. The van der Waals surface area contributed by atoms with Crippen LogP contribution in [0.25, 0.3) is 0 Å². The maximum atomic E-state index is 12.4. The van der Waals surface area contributed by atoms with Crippen LogP contribution in [0.2, 0.25) is 0 Å². The number of carbonyl (C=O) groups excluding carboxylic acids is 2. The van der Waals surface area contributed by atoms with Crippen LogP contribution in [0.3, 0.4) is 0 Å². The maximum Gasteiger partial charge on any atom is 0.293 e. The van der Waals surface area contributed by atoms with E-state index in [2.05, 4.69) is 10.6 Å². The van der Waals surface area contributed by atoms with E-state index in [1.54, 1.807) is 30.3 Å². The second kappa shape index (κ2) is 8.51. The Labute approximate surface area is 163 Å². The molecule has 0 spiro atoms. The van der Waals surface area contributed by atoms with Crippen LogP contribution in [0.4, 0.5) is 11.4 Å². The van der Waals surface area contributed by atoms with Gasteiger partial charge in [-0.1, -0.05) is 19.9 Å². The number of nitro benzene ring substituents is 1. The second-order valence-electron chi connectivity index (χ2n) is 6.97. The third-order valence-corrected chi connectivity index (χ3v) is 4.36. The molecule has 148 valence electrons. The summed E-state index contributed by atoms with van der Waals surface area (Å²) in [5.41, 5.74) is 0.398. The number of amides is 2. The van der Waals surface area contributed by atoms with Crippen molar-refractivity contribution in [3.8, 4) is 5.75 Å². The van der Waals surface area contributed by atoms with Gasteiger partial charge in [0.25, 0.3) is 11.6 Å². The van der Waals surface area contributed by atoms with Crippen molar-refractivity contribution in [3.05, 3.63) is 63.7 Å². The second-order valence-corrected chi connectivity index (χ2v) is 6.97. The van der Waals surface area contributed by atoms with Crippen molar-refractivity contribution in [1.29, 1.82) is 0 Å². The zero-order chi connectivity index (χ0) is 20.9. The van der Waals surface area contributed by atoms with Gasteiger partial charge < -0.3 is 15.4 Å². The monoisotopic (exact) mass is 385 g/mol. The zero-order valence-corrected chi connectivity index (χ0v) is 16.2. The topological polar surface area (TPSA) is 111 Å². The molecule has 0 saturated carbocycles. The normalized spacial score (nSPS) is 10.9. The van der Waals surface area contributed by atoms with Gasteiger partial charge in [0.15, 0.2) is 0 Å². The SMILES string of the molecule is COc1ccc(C(=O)Nc2ccc(C(C)(C)CNC(C)=O)cc2[N+](=O)[O-])cc1. The highest BCUT2D eigenvalue weighted by molar-refractivity contribution is 6.05. The van der Waals surface area contributed by atoms with E-state index >= 15 is 0 Å². The number of ether oxygens (including phenoxy) is 1. The zero-order valence-electron chi connectivity index (χ0n) is 16.2. The maximum absolute atomic E-state index is 12.4. The van der Waals surface area contributed by atoms with Crippen molar-refractivity contribution < 1.29 is 19.2 Å². The highest BCUT2D eigenvalue weighted by atomic mass is 16.6. The van der Waals surface area contributed by atoms with Gasteiger partial charge in [-0.2, -0.15) is 0 Å². The van der Waals surface area contributed by atoms with Crippen LogP contribution in [0, 0.1) is 10.1 Å². The molecular formula is C20H23N3O5. The Morgan fingerprint density at radius 2 is 1.79 bits per heavy atom. The number of nitrogens with one attached hydrogen (secondary N) is 2. The summed E-state index contributed by atoms with van der Waals surface area (Å²) >= 11 is 0. The van der Waals surface area contributed by atoms with Gasteiger partial charge in [0.05, 0.1) is 12.0 Å². The molecule has 28 heavy (non-hydrogen) atoms. The standard InChI is InChI=1S/C20H23N3O5/c1-13(24)21-12-20(2,3)15-7-10-17(18(11-15)23(26)27)22-19(25)14-5-8-16(28-4)9-6-14/h5-11H,12H2,1-4H3,(H,21,24)(H,22,25). The number of hydrogen-bond donors (Lipinski definition) is 2. The predicted molar refractivity (Wildman–Crippen MR) is 106 cm³/mol. The Balaban J connectivity index is 2.28. The molecule has 8 heteroatoms. The van der Waals surface area contributed by atoms with Crippen molar-refractivity contribution in [2.75, 3.05) is 19.0 Å². The van der Waals surface area contributed by atoms with E-state index in [1.165, 1.54) is 26.2 Å². The van der Waals surface area contributed by atoms with Crippen molar-refractivity contribution >= 4 is 23.2 Å². The molecule has 2 rings (SSSR count). The lowest BCUT2D eigenvalue weighted by atomic mass is 9.84. The van der Waals surface area contributed by atoms with Crippen LogP contribution < -0.4 is 15.4 Å². The fourth-order valence-electron chi connectivity index (χ4n) is 2.59. The third-order valence-electron chi connectivity index (χ3n) is 4.36.